The van der Waals surface area contributed by atoms with Gasteiger partial charge in [0.2, 0.25) is 5.91 Å². The number of hydrogen-bond acceptors (Lipinski definition) is 4. The predicted molar refractivity (Wildman–Crippen MR) is 94.6 cm³/mol. The highest BCUT2D eigenvalue weighted by atomic mass is 35.5. The minimum Gasteiger partial charge on any atom is -0.334 e. The lowest BCUT2D eigenvalue weighted by atomic mass is 10.0. The molecule has 5 nitrogen and oxygen atoms in total. The van der Waals surface area contributed by atoms with E-state index in [0.29, 0.717) is 0 Å². The molecule has 2 N–H and O–H groups in total. The van der Waals surface area contributed by atoms with Crippen molar-refractivity contribution in [1.29, 1.82) is 0 Å². The molecule has 0 radical (unpaired) electrons. The molecule has 0 bridgehead atoms. The fourth-order valence-electron chi connectivity index (χ4n) is 3.18. The number of halogens is 1. The topological polar surface area (TPSA) is 64.2 Å². The Morgan fingerprint density at radius 3 is 2.73 bits per heavy atom. The van der Waals surface area contributed by atoms with Crippen LogP contribution in [0.25, 0.3) is 0 Å². The molecule has 1 aliphatic rings. The summed E-state index contributed by atoms with van der Waals surface area (Å²) in [6.45, 7) is 4.91. The number of nitrogens with zero attached hydrogens (tertiary/aromatic N) is 3. The number of carbonyl (C=O) groups excluding carboxylic acids is 1. The van der Waals surface area contributed by atoms with Crippen LogP contribution in [0.2, 0.25) is 0 Å². The van der Waals surface area contributed by atoms with Crippen LogP contribution in [0.4, 0.5) is 0 Å². The Morgan fingerprint density at radius 1 is 1.50 bits per heavy atom. The van der Waals surface area contributed by atoms with Crippen molar-refractivity contribution >= 4 is 30.1 Å². The van der Waals surface area contributed by atoms with Gasteiger partial charge in [-0.05, 0) is 45.1 Å². The molecule has 22 heavy (non-hydrogen) atoms. The normalized spacial score (nSPS) is 19.1. The zero-order valence-corrected chi connectivity index (χ0v) is 15.5. The maximum absolute atomic E-state index is 12.6. The first-order valence-corrected chi connectivity index (χ1v) is 8.91. The van der Waals surface area contributed by atoms with E-state index in [2.05, 4.69) is 12.0 Å². The van der Waals surface area contributed by atoms with Gasteiger partial charge in [0.15, 0.2) is 0 Å². The van der Waals surface area contributed by atoms with Gasteiger partial charge < -0.3 is 10.6 Å². The predicted octanol–water partition coefficient (Wildman–Crippen LogP) is 2.20. The molecule has 2 heterocycles. The van der Waals surface area contributed by atoms with Crippen molar-refractivity contribution in [1.82, 2.24) is 14.7 Å². The number of aryl methyl sites for hydroxylation is 2. The minimum absolute atomic E-state index is 0. The van der Waals surface area contributed by atoms with Crippen molar-refractivity contribution in [2.24, 2.45) is 12.8 Å². The van der Waals surface area contributed by atoms with Gasteiger partial charge in [0.05, 0.1) is 17.8 Å². The minimum atomic E-state index is -0.379. The third-order valence-electron chi connectivity index (χ3n) is 4.38. The first-order chi connectivity index (χ1) is 9.97. The van der Waals surface area contributed by atoms with Crippen LogP contribution >= 0.6 is 24.2 Å². The molecule has 1 saturated heterocycles. The standard InChI is InChI=1S/C15H26N4OS.ClH/c1-10-14(11(2)18(3)17-10)13-6-5-8-19(13)15(20)12(16)7-9-21-4;/h12-13H,5-9,16H2,1-4H3;1H. The summed E-state index contributed by atoms with van der Waals surface area (Å²) in [6.07, 6.45) is 4.83. The maximum Gasteiger partial charge on any atom is 0.240 e. The number of rotatable bonds is 5. The highest BCUT2D eigenvalue weighted by Gasteiger charge is 2.35. The third kappa shape index (κ3) is 3.78. The molecule has 2 atom stereocenters. The fourth-order valence-corrected chi connectivity index (χ4v) is 3.67. The van der Waals surface area contributed by atoms with E-state index >= 15 is 0 Å². The van der Waals surface area contributed by atoms with Gasteiger partial charge in [-0.25, -0.2) is 0 Å². The summed E-state index contributed by atoms with van der Waals surface area (Å²) < 4.78 is 1.90. The summed E-state index contributed by atoms with van der Waals surface area (Å²) in [5.74, 6) is 1.02. The van der Waals surface area contributed by atoms with Crippen LogP contribution in [0.5, 0.6) is 0 Å². The Kier molecular flexibility index (Phi) is 7.22. The van der Waals surface area contributed by atoms with Crippen molar-refractivity contribution in [3.63, 3.8) is 0 Å². The average Bonchev–Trinajstić information content (AvgIpc) is 3.01. The molecule has 0 saturated carbocycles. The maximum atomic E-state index is 12.6. The summed E-state index contributed by atoms with van der Waals surface area (Å²) in [5, 5.41) is 4.49. The van der Waals surface area contributed by atoms with E-state index in [0.717, 1.165) is 42.9 Å². The van der Waals surface area contributed by atoms with Crippen molar-refractivity contribution in [3.8, 4) is 0 Å². The summed E-state index contributed by atoms with van der Waals surface area (Å²) in [4.78, 5) is 14.6. The van der Waals surface area contributed by atoms with E-state index in [9.17, 15) is 4.79 Å². The van der Waals surface area contributed by atoms with E-state index in [1.54, 1.807) is 11.8 Å². The molecule has 1 aromatic rings. The summed E-state index contributed by atoms with van der Waals surface area (Å²) >= 11 is 1.73. The van der Waals surface area contributed by atoms with Crippen molar-refractivity contribution in [3.05, 3.63) is 17.0 Å². The lowest BCUT2D eigenvalue weighted by Gasteiger charge is -2.28. The molecule has 0 aliphatic carbocycles. The molecule has 126 valence electrons. The molecule has 7 heteroatoms. The van der Waals surface area contributed by atoms with Gasteiger partial charge in [0.25, 0.3) is 0 Å². The van der Waals surface area contributed by atoms with Gasteiger partial charge in [0.1, 0.15) is 0 Å². The van der Waals surface area contributed by atoms with Gasteiger partial charge in [-0.15, -0.1) is 12.4 Å². The van der Waals surface area contributed by atoms with E-state index in [1.165, 1.54) is 5.56 Å². The zero-order valence-electron chi connectivity index (χ0n) is 13.8. The summed E-state index contributed by atoms with van der Waals surface area (Å²) in [7, 11) is 1.96. The van der Waals surface area contributed by atoms with Crippen LogP contribution in [0.15, 0.2) is 0 Å². The van der Waals surface area contributed by atoms with Gasteiger partial charge in [0, 0.05) is 24.8 Å². The molecular formula is C15H27ClN4OS. The number of aromatic nitrogens is 2. The molecule has 1 aromatic heterocycles. The van der Waals surface area contributed by atoms with E-state index in [4.69, 9.17) is 5.73 Å². The number of hydrogen-bond donors (Lipinski definition) is 1. The molecule has 2 rings (SSSR count). The molecule has 0 spiro atoms. The molecular weight excluding hydrogens is 320 g/mol. The Labute approximate surface area is 143 Å². The van der Waals surface area contributed by atoms with Gasteiger partial charge in [-0.3, -0.25) is 9.48 Å². The molecule has 1 aliphatic heterocycles. The van der Waals surface area contributed by atoms with Gasteiger partial charge in [-0.1, -0.05) is 0 Å². The van der Waals surface area contributed by atoms with Crippen LogP contribution in [-0.2, 0) is 11.8 Å². The summed E-state index contributed by atoms with van der Waals surface area (Å²) in [6, 6.07) is -0.234. The Morgan fingerprint density at radius 2 is 2.18 bits per heavy atom. The van der Waals surface area contributed by atoms with Crippen LogP contribution in [-0.4, -0.2) is 45.2 Å². The van der Waals surface area contributed by atoms with Crippen molar-refractivity contribution < 1.29 is 4.79 Å². The van der Waals surface area contributed by atoms with Crippen LogP contribution in [0.3, 0.4) is 0 Å². The number of likely N-dealkylation sites (tertiary alicyclic amines) is 1. The Bertz CT molecular complexity index is 520. The molecule has 1 fully saturated rings. The van der Waals surface area contributed by atoms with E-state index in [1.807, 2.05) is 29.8 Å². The quantitative estimate of drug-likeness (QED) is 0.887. The monoisotopic (exact) mass is 346 g/mol. The van der Waals surface area contributed by atoms with E-state index in [-0.39, 0.29) is 30.4 Å². The second kappa shape index (κ2) is 8.22. The first-order valence-electron chi connectivity index (χ1n) is 7.52. The van der Waals surface area contributed by atoms with Gasteiger partial charge >= 0.3 is 0 Å². The number of thioether (sulfide) groups is 1. The van der Waals surface area contributed by atoms with Crippen LogP contribution in [0, 0.1) is 13.8 Å². The SMILES string of the molecule is CSCCC(N)C(=O)N1CCCC1c1c(C)nn(C)c1C.Cl. The van der Waals surface area contributed by atoms with Crippen LogP contribution < -0.4 is 5.73 Å². The molecule has 1 amide bonds. The highest BCUT2D eigenvalue weighted by molar-refractivity contribution is 7.98. The second-order valence-corrected chi connectivity index (χ2v) is 6.77. The molecule has 2 unspecified atom stereocenters. The number of carbonyl (C=O) groups is 1. The Balaban J connectivity index is 0.00000242. The third-order valence-corrected chi connectivity index (χ3v) is 5.03. The fraction of sp³-hybridized carbons (Fsp3) is 0.733. The highest BCUT2D eigenvalue weighted by Crippen LogP contribution is 2.35. The van der Waals surface area contributed by atoms with Crippen molar-refractivity contribution in [2.45, 2.75) is 45.2 Å². The second-order valence-electron chi connectivity index (χ2n) is 5.79. The first kappa shape index (κ1) is 19.3. The van der Waals surface area contributed by atoms with Gasteiger partial charge in [-0.2, -0.15) is 16.9 Å². The lowest BCUT2D eigenvalue weighted by Crippen LogP contribution is -2.43. The Hall–Kier alpha value is -0.720. The smallest absolute Gasteiger partial charge is 0.240 e. The summed E-state index contributed by atoms with van der Waals surface area (Å²) in [5.41, 5.74) is 9.46. The number of amides is 1. The molecule has 0 aromatic carbocycles. The number of nitrogens with two attached hydrogens (primary N) is 1. The largest absolute Gasteiger partial charge is 0.334 e. The lowest BCUT2D eigenvalue weighted by molar-refractivity contribution is -0.133. The van der Waals surface area contributed by atoms with Crippen LogP contribution in [0.1, 0.15) is 42.3 Å². The van der Waals surface area contributed by atoms with E-state index < -0.39 is 0 Å². The average molecular weight is 347 g/mol. The van der Waals surface area contributed by atoms with Crippen molar-refractivity contribution in [2.75, 3.05) is 18.6 Å². The zero-order chi connectivity index (χ0) is 15.6.